The number of nitrogens with two attached hydrogens (primary N) is 1. The summed E-state index contributed by atoms with van der Waals surface area (Å²) in [6, 6.07) is 4.30. The van der Waals surface area contributed by atoms with E-state index in [1.54, 1.807) is 0 Å². The third kappa shape index (κ3) is 3.62. The van der Waals surface area contributed by atoms with Crippen LogP contribution in [0.2, 0.25) is 0 Å². The summed E-state index contributed by atoms with van der Waals surface area (Å²) in [6.07, 6.45) is 5.36. The van der Waals surface area contributed by atoms with Gasteiger partial charge >= 0.3 is 0 Å². The number of hydrazine groups is 1. The van der Waals surface area contributed by atoms with Gasteiger partial charge in [-0.3, -0.25) is 16.3 Å². The molecular formula is C17H29N3O. The molecule has 4 nitrogen and oxygen atoms in total. The second-order valence-corrected chi connectivity index (χ2v) is 6.98. The van der Waals surface area contributed by atoms with Crippen LogP contribution in [0.4, 0.5) is 0 Å². The molecule has 0 radical (unpaired) electrons. The van der Waals surface area contributed by atoms with Crippen molar-refractivity contribution in [1.82, 2.24) is 10.4 Å². The van der Waals surface area contributed by atoms with E-state index in [1.165, 1.54) is 17.7 Å². The minimum absolute atomic E-state index is 0.0272. The van der Waals surface area contributed by atoms with Gasteiger partial charge in [0, 0.05) is 24.4 Å². The molecule has 1 aliphatic rings. The fourth-order valence-electron chi connectivity index (χ4n) is 3.48. The Hall–Kier alpha value is -0.970. The van der Waals surface area contributed by atoms with Crippen LogP contribution in [0.25, 0.3) is 0 Å². The van der Waals surface area contributed by atoms with Gasteiger partial charge < -0.3 is 4.74 Å². The molecule has 3 unspecified atom stereocenters. The van der Waals surface area contributed by atoms with Crippen molar-refractivity contribution in [3.63, 3.8) is 0 Å². The van der Waals surface area contributed by atoms with E-state index in [0.29, 0.717) is 12.5 Å². The van der Waals surface area contributed by atoms with Gasteiger partial charge in [-0.15, -0.1) is 0 Å². The maximum absolute atomic E-state index is 6.06. The highest BCUT2D eigenvalue weighted by atomic mass is 16.5. The van der Waals surface area contributed by atoms with Gasteiger partial charge in [-0.05, 0) is 43.2 Å². The number of aromatic nitrogens is 1. The Labute approximate surface area is 128 Å². The summed E-state index contributed by atoms with van der Waals surface area (Å²) < 4.78 is 6.06. The van der Waals surface area contributed by atoms with E-state index in [4.69, 9.17) is 10.6 Å². The highest BCUT2D eigenvalue weighted by Gasteiger charge is 2.39. The van der Waals surface area contributed by atoms with Crippen molar-refractivity contribution in [2.24, 2.45) is 11.3 Å². The van der Waals surface area contributed by atoms with E-state index < -0.39 is 0 Å². The molecule has 3 atom stereocenters. The van der Waals surface area contributed by atoms with Crippen molar-refractivity contribution in [1.29, 1.82) is 0 Å². The number of nitrogens with zero attached hydrogens (tertiary/aromatic N) is 1. The molecule has 0 fully saturated rings. The molecule has 0 aromatic carbocycles. The fraction of sp³-hybridized carbons (Fsp3) is 0.706. The Bertz CT molecular complexity index is 456. The van der Waals surface area contributed by atoms with Gasteiger partial charge in [0.15, 0.2) is 0 Å². The minimum Gasteiger partial charge on any atom is -0.376 e. The molecule has 0 spiro atoms. The predicted octanol–water partition coefficient (Wildman–Crippen LogP) is 2.78. The van der Waals surface area contributed by atoms with Crippen LogP contribution in [0.3, 0.4) is 0 Å². The first-order valence-electron chi connectivity index (χ1n) is 8.00. The Balaban J connectivity index is 2.33. The maximum Gasteiger partial charge on any atom is 0.0795 e. The summed E-state index contributed by atoms with van der Waals surface area (Å²) in [5, 5.41) is 0. The summed E-state index contributed by atoms with van der Waals surface area (Å²) in [4.78, 5) is 4.64. The van der Waals surface area contributed by atoms with Crippen LogP contribution in [0.15, 0.2) is 18.3 Å². The number of fused-ring (bicyclic) bond motifs is 1. The molecule has 0 amide bonds. The predicted molar refractivity (Wildman–Crippen MR) is 85.9 cm³/mol. The molecule has 1 heterocycles. The zero-order chi connectivity index (χ0) is 15.5. The highest BCUT2D eigenvalue weighted by molar-refractivity contribution is 5.28. The average Bonchev–Trinajstić information content (AvgIpc) is 2.46. The Morgan fingerprint density at radius 1 is 1.48 bits per heavy atom. The molecular weight excluding hydrogens is 262 g/mol. The van der Waals surface area contributed by atoms with Gasteiger partial charge in [0.05, 0.1) is 12.1 Å². The summed E-state index contributed by atoms with van der Waals surface area (Å²) in [5.41, 5.74) is 5.62. The largest absolute Gasteiger partial charge is 0.376 e. The van der Waals surface area contributed by atoms with Crippen LogP contribution in [0, 0.1) is 5.41 Å². The summed E-state index contributed by atoms with van der Waals surface area (Å²) in [6.45, 7) is 9.36. The number of hydrogen-bond acceptors (Lipinski definition) is 4. The SMILES string of the molecule is CCOC(C(NN)C1CCCc2cccnc21)C(C)(C)C. The Kier molecular flexibility index (Phi) is 5.36. The van der Waals surface area contributed by atoms with E-state index in [9.17, 15) is 0 Å². The summed E-state index contributed by atoms with van der Waals surface area (Å²) in [5.74, 6) is 6.25. The lowest BCUT2D eigenvalue weighted by molar-refractivity contribution is -0.0431. The first-order valence-corrected chi connectivity index (χ1v) is 8.00. The molecule has 1 aromatic heterocycles. The standard InChI is InChI=1S/C17H29N3O/c1-5-21-16(17(2,3)4)15(20-18)13-10-6-8-12-9-7-11-19-14(12)13/h7,9,11,13,15-16,20H,5-6,8,10,18H2,1-4H3. The fourth-order valence-corrected chi connectivity index (χ4v) is 3.48. The molecule has 1 aromatic rings. The minimum atomic E-state index is 0.0272. The quantitative estimate of drug-likeness (QED) is 0.647. The molecule has 21 heavy (non-hydrogen) atoms. The zero-order valence-electron chi connectivity index (χ0n) is 13.7. The molecule has 2 rings (SSSR count). The topological polar surface area (TPSA) is 60.2 Å². The first-order chi connectivity index (χ1) is 9.99. The molecule has 118 valence electrons. The smallest absolute Gasteiger partial charge is 0.0795 e. The number of hydrogen-bond donors (Lipinski definition) is 2. The Morgan fingerprint density at radius 3 is 2.86 bits per heavy atom. The number of aryl methyl sites for hydroxylation is 1. The van der Waals surface area contributed by atoms with Gasteiger partial charge in [0.25, 0.3) is 0 Å². The van der Waals surface area contributed by atoms with Crippen molar-refractivity contribution in [2.75, 3.05) is 6.61 Å². The summed E-state index contributed by atoms with van der Waals surface area (Å²) >= 11 is 0. The number of ether oxygens (including phenoxy) is 1. The molecule has 0 saturated heterocycles. The third-order valence-electron chi connectivity index (χ3n) is 4.39. The molecule has 4 heteroatoms. The highest BCUT2D eigenvalue weighted by Crippen LogP contribution is 2.37. The van der Waals surface area contributed by atoms with E-state index >= 15 is 0 Å². The van der Waals surface area contributed by atoms with Crippen LogP contribution >= 0.6 is 0 Å². The van der Waals surface area contributed by atoms with Gasteiger partial charge in [0.1, 0.15) is 0 Å². The average molecular weight is 291 g/mol. The van der Waals surface area contributed by atoms with Crippen LogP contribution in [-0.4, -0.2) is 23.7 Å². The number of nitrogens with one attached hydrogen (secondary N) is 1. The normalized spacial score (nSPS) is 21.7. The maximum atomic E-state index is 6.06. The third-order valence-corrected chi connectivity index (χ3v) is 4.39. The Morgan fingerprint density at radius 2 is 2.24 bits per heavy atom. The second-order valence-electron chi connectivity index (χ2n) is 6.98. The van der Waals surface area contributed by atoms with E-state index in [0.717, 1.165) is 12.8 Å². The zero-order valence-corrected chi connectivity index (χ0v) is 13.7. The van der Waals surface area contributed by atoms with Crippen LogP contribution < -0.4 is 11.3 Å². The van der Waals surface area contributed by atoms with Gasteiger partial charge in [-0.25, -0.2) is 0 Å². The van der Waals surface area contributed by atoms with Crippen molar-refractivity contribution in [2.45, 2.75) is 65.0 Å². The van der Waals surface area contributed by atoms with Gasteiger partial charge in [0.2, 0.25) is 0 Å². The van der Waals surface area contributed by atoms with Crippen LogP contribution in [0.1, 0.15) is 57.7 Å². The van der Waals surface area contributed by atoms with Crippen molar-refractivity contribution < 1.29 is 4.74 Å². The molecule has 0 bridgehead atoms. The van der Waals surface area contributed by atoms with Crippen molar-refractivity contribution >= 4 is 0 Å². The second kappa shape index (κ2) is 6.86. The van der Waals surface area contributed by atoms with Crippen LogP contribution in [-0.2, 0) is 11.2 Å². The van der Waals surface area contributed by atoms with Gasteiger partial charge in [-0.2, -0.15) is 0 Å². The lowest BCUT2D eigenvalue weighted by atomic mass is 9.74. The molecule has 1 aliphatic carbocycles. The number of rotatable bonds is 5. The van der Waals surface area contributed by atoms with E-state index in [1.807, 2.05) is 19.2 Å². The van der Waals surface area contributed by atoms with E-state index in [2.05, 4.69) is 37.2 Å². The lowest BCUT2D eigenvalue weighted by Gasteiger charge is -2.41. The van der Waals surface area contributed by atoms with Gasteiger partial charge in [-0.1, -0.05) is 26.8 Å². The van der Waals surface area contributed by atoms with Crippen molar-refractivity contribution in [3.8, 4) is 0 Å². The van der Waals surface area contributed by atoms with E-state index in [-0.39, 0.29) is 17.6 Å². The van der Waals surface area contributed by atoms with Crippen molar-refractivity contribution in [3.05, 3.63) is 29.6 Å². The molecule has 0 saturated carbocycles. The first kappa shape index (κ1) is 16.4. The lowest BCUT2D eigenvalue weighted by Crippen LogP contribution is -2.54. The monoisotopic (exact) mass is 291 g/mol. The van der Waals surface area contributed by atoms with Crippen LogP contribution in [0.5, 0.6) is 0 Å². The number of pyridine rings is 1. The molecule has 0 aliphatic heterocycles. The molecule has 3 N–H and O–H groups in total. The summed E-state index contributed by atoms with van der Waals surface area (Å²) in [7, 11) is 0.